The Labute approximate surface area is 176 Å². The molecule has 3 aromatic rings. The number of rotatable bonds is 5. The molecule has 0 fully saturated rings. The zero-order chi connectivity index (χ0) is 20.4. The molecule has 1 aliphatic rings. The van der Waals surface area contributed by atoms with Crippen molar-refractivity contribution in [2.75, 3.05) is 11.9 Å². The Hall–Kier alpha value is -2.63. The molecule has 0 saturated heterocycles. The lowest BCUT2D eigenvalue weighted by molar-refractivity contribution is -0.122. The van der Waals surface area contributed by atoms with Gasteiger partial charge in [0.05, 0.1) is 17.7 Å². The maximum absolute atomic E-state index is 13.5. The molecule has 0 aliphatic carbocycles. The molecule has 1 atom stereocenters. The van der Waals surface area contributed by atoms with Gasteiger partial charge in [-0.2, -0.15) is 0 Å². The average molecular weight is 409 g/mol. The fourth-order valence-electron chi connectivity index (χ4n) is 3.92. The van der Waals surface area contributed by atoms with E-state index in [-0.39, 0.29) is 11.9 Å². The number of hydrogen-bond acceptors (Lipinski definition) is 3. The maximum Gasteiger partial charge on any atom is 0.247 e. The van der Waals surface area contributed by atoms with E-state index in [0.29, 0.717) is 17.3 Å². The highest BCUT2D eigenvalue weighted by Crippen LogP contribution is 2.33. The number of carbonyl (C=O) groups excluding carboxylic acids is 1. The Balaban J connectivity index is 1.69. The lowest BCUT2D eigenvalue weighted by atomic mass is 9.99. The summed E-state index contributed by atoms with van der Waals surface area (Å²) in [6, 6.07) is 17.3. The summed E-state index contributed by atoms with van der Waals surface area (Å²) in [6.07, 6.45) is 2.70. The fraction of sp³-hybridized carbons (Fsp3) is 0.304. The van der Waals surface area contributed by atoms with Crippen molar-refractivity contribution in [3.8, 4) is 0 Å². The zero-order valence-electron chi connectivity index (χ0n) is 16.7. The van der Waals surface area contributed by atoms with E-state index in [2.05, 4.69) is 45.7 Å². The highest BCUT2D eigenvalue weighted by atomic mass is 35.5. The number of carbonyl (C=O) groups is 1. The molecule has 1 amide bonds. The number of halogens is 1. The second-order valence-electron chi connectivity index (χ2n) is 7.69. The number of amides is 1. The summed E-state index contributed by atoms with van der Waals surface area (Å²) in [4.78, 5) is 20.3. The molecular formula is C23H25ClN4O. The van der Waals surface area contributed by atoms with Crippen molar-refractivity contribution in [1.29, 1.82) is 0 Å². The predicted octanol–water partition coefficient (Wildman–Crippen LogP) is 4.86. The van der Waals surface area contributed by atoms with E-state index in [4.69, 9.17) is 11.6 Å². The summed E-state index contributed by atoms with van der Waals surface area (Å²) in [5.74, 6) is -0.0634. The van der Waals surface area contributed by atoms with Crippen LogP contribution in [0, 0.1) is 0 Å². The second-order valence-corrected chi connectivity index (χ2v) is 8.12. The second kappa shape index (κ2) is 8.39. The highest BCUT2D eigenvalue weighted by Gasteiger charge is 2.37. The van der Waals surface area contributed by atoms with E-state index < -0.39 is 6.04 Å². The number of hydrogen-bond donors (Lipinski definition) is 1. The van der Waals surface area contributed by atoms with Crippen molar-refractivity contribution < 1.29 is 4.79 Å². The van der Waals surface area contributed by atoms with Crippen LogP contribution in [0.1, 0.15) is 42.9 Å². The van der Waals surface area contributed by atoms with Crippen LogP contribution in [0.25, 0.3) is 0 Å². The molecule has 4 rings (SSSR count). The molecule has 5 nitrogen and oxygen atoms in total. The molecule has 0 bridgehead atoms. The van der Waals surface area contributed by atoms with Gasteiger partial charge in [0.2, 0.25) is 5.91 Å². The van der Waals surface area contributed by atoms with E-state index in [1.165, 1.54) is 5.56 Å². The van der Waals surface area contributed by atoms with Crippen LogP contribution in [0.2, 0.25) is 5.02 Å². The molecule has 0 radical (unpaired) electrons. The van der Waals surface area contributed by atoms with Gasteiger partial charge in [-0.25, -0.2) is 4.98 Å². The molecule has 1 aliphatic heterocycles. The first-order valence-corrected chi connectivity index (χ1v) is 10.3. The number of anilines is 1. The number of imidazole rings is 1. The first-order chi connectivity index (χ1) is 14.0. The fourth-order valence-corrected chi connectivity index (χ4v) is 4.11. The minimum atomic E-state index is -0.414. The third kappa shape index (κ3) is 4.21. The maximum atomic E-state index is 13.5. The van der Waals surface area contributed by atoms with E-state index in [1.54, 1.807) is 12.1 Å². The van der Waals surface area contributed by atoms with Gasteiger partial charge < -0.3 is 9.88 Å². The Bertz CT molecular complexity index is 999. The molecule has 1 N–H and O–H groups in total. The van der Waals surface area contributed by atoms with Crippen molar-refractivity contribution >= 4 is 23.2 Å². The first kappa shape index (κ1) is 19.7. The minimum absolute atomic E-state index is 0.0634. The van der Waals surface area contributed by atoms with Crippen molar-refractivity contribution in [3.05, 3.63) is 82.9 Å². The molecule has 0 saturated carbocycles. The third-order valence-electron chi connectivity index (χ3n) is 5.30. The lowest BCUT2D eigenvalue weighted by Gasteiger charge is -2.36. The van der Waals surface area contributed by atoms with Gasteiger partial charge in [-0.15, -0.1) is 0 Å². The van der Waals surface area contributed by atoms with Crippen molar-refractivity contribution in [2.45, 2.75) is 38.9 Å². The number of nitrogens with zero attached hydrogens (tertiary/aromatic N) is 3. The summed E-state index contributed by atoms with van der Waals surface area (Å²) in [5, 5.41) is 3.66. The van der Waals surface area contributed by atoms with Crippen LogP contribution in [0.3, 0.4) is 0 Å². The van der Waals surface area contributed by atoms with E-state index in [9.17, 15) is 4.79 Å². The van der Waals surface area contributed by atoms with Gasteiger partial charge in [0.25, 0.3) is 0 Å². The first-order valence-electron chi connectivity index (χ1n) is 9.93. The number of fused-ring (bicyclic) bond motifs is 1. The van der Waals surface area contributed by atoms with Gasteiger partial charge in [-0.05, 0) is 37.6 Å². The molecular weight excluding hydrogens is 384 g/mol. The van der Waals surface area contributed by atoms with Crippen molar-refractivity contribution in [2.24, 2.45) is 0 Å². The average Bonchev–Trinajstić information content (AvgIpc) is 3.13. The zero-order valence-corrected chi connectivity index (χ0v) is 17.4. The Kier molecular flexibility index (Phi) is 5.69. The highest BCUT2D eigenvalue weighted by molar-refractivity contribution is 6.30. The predicted molar refractivity (Wildman–Crippen MR) is 116 cm³/mol. The van der Waals surface area contributed by atoms with E-state index in [1.807, 2.05) is 36.7 Å². The molecule has 2 heterocycles. The summed E-state index contributed by atoms with van der Waals surface area (Å²) < 4.78 is 2.12. The molecule has 0 spiro atoms. The molecule has 150 valence electrons. The minimum Gasteiger partial charge on any atom is -0.330 e. The lowest BCUT2D eigenvalue weighted by Crippen LogP contribution is -2.42. The van der Waals surface area contributed by atoms with Crippen LogP contribution < -0.4 is 5.32 Å². The van der Waals surface area contributed by atoms with E-state index >= 15 is 0 Å². The van der Waals surface area contributed by atoms with Crippen LogP contribution in [-0.4, -0.2) is 26.9 Å². The Morgan fingerprint density at radius 2 is 2.00 bits per heavy atom. The van der Waals surface area contributed by atoms with Gasteiger partial charge in [0.15, 0.2) is 0 Å². The SMILES string of the molecule is CC(C)n1cnc2c1[C@@H](C(=O)Nc1cccc(Cl)c1)N(Cc1ccccc1)CC2. The summed E-state index contributed by atoms with van der Waals surface area (Å²) in [7, 11) is 0. The van der Waals surface area contributed by atoms with Gasteiger partial charge in [0.1, 0.15) is 6.04 Å². The number of benzene rings is 2. The van der Waals surface area contributed by atoms with Gasteiger partial charge >= 0.3 is 0 Å². The van der Waals surface area contributed by atoms with Crippen LogP contribution in [0.5, 0.6) is 0 Å². The molecule has 1 aromatic heterocycles. The van der Waals surface area contributed by atoms with E-state index in [0.717, 1.165) is 24.4 Å². The largest absolute Gasteiger partial charge is 0.330 e. The summed E-state index contributed by atoms with van der Waals surface area (Å²) in [5.41, 5.74) is 3.88. The molecule has 6 heteroatoms. The molecule has 29 heavy (non-hydrogen) atoms. The number of nitrogens with one attached hydrogen (secondary N) is 1. The molecule has 0 unspecified atom stereocenters. The normalized spacial score (nSPS) is 16.6. The van der Waals surface area contributed by atoms with Crippen molar-refractivity contribution in [3.63, 3.8) is 0 Å². The monoisotopic (exact) mass is 408 g/mol. The van der Waals surface area contributed by atoms with Gasteiger partial charge in [0, 0.05) is 36.3 Å². The van der Waals surface area contributed by atoms with Crippen LogP contribution in [0.15, 0.2) is 60.9 Å². The Morgan fingerprint density at radius 3 is 2.72 bits per heavy atom. The van der Waals surface area contributed by atoms with Gasteiger partial charge in [-0.3, -0.25) is 9.69 Å². The number of aromatic nitrogens is 2. The standard InChI is InChI=1S/C23H25ClN4O/c1-16(2)28-15-25-20-11-12-27(14-17-7-4-3-5-8-17)22(21(20)28)23(29)26-19-10-6-9-18(24)13-19/h3-10,13,15-16,22H,11-12,14H2,1-2H3,(H,26,29)/t22-/m0/s1. The third-order valence-corrected chi connectivity index (χ3v) is 5.53. The van der Waals surface area contributed by atoms with Crippen molar-refractivity contribution in [1.82, 2.24) is 14.5 Å². The van der Waals surface area contributed by atoms with Gasteiger partial charge in [-0.1, -0.05) is 48.0 Å². The van der Waals surface area contributed by atoms with Crippen LogP contribution >= 0.6 is 11.6 Å². The molecule has 2 aromatic carbocycles. The topological polar surface area (TPSA) is 50.2 Å². The smallest absolute Gasteiger partial charge is 0.247 e. The summed E-state index contributed by atoms with van der Waals surface area (Å²) >= 11 is 6.10. The Morgan fingerprint density at radius 1 is 1.21 bits per heavy atom. The summed E-state index contributed by atoms with van der Waals surface area (Å²) in [6.45, 7) is 5.72. The quantitative estimate of drug-likeness (QED) is 0.656. The van der Waals surface area contributed by atoms with Crippen LogP contribution in [-0.2, 0) is 17.8 Å². The van der Waals surface area contributed by atoms with Crippen LogP contribution in [0.4, 0.5) is 5.69 Å².